The van der Waals surface area contributed by atoms with Crippen LogP contribution in [0.15, 0.2) is 24.7 Å². The molecule has 0 amide bonds. The molecule has 102 valence electrons. The van der Waals surface area contributed by atoms with Crippen molar-refractivity contribution in [1.29, 1.82) is 0 Å². The molecule has 0 saturated carbocycles. The van der Waals surface area contributed by atoms with E-state index in [4.69, 9.17) is 11.6 Å². The average Bonchev–Trinajstić information content (AvgIpc) is 2.86. The molecule has 6 heteroatoms. The Morgan fingerprint density at radius 3 is 2.79 bits per heavy atom. The van der Waals surface area contributed by atoms with E-state index in [0.29, 0.717) is 5.02 Å². The van der Waals surface area contributed by atoms with Crippen molar-refractivity contribution in [2.45, 2.75) is 32.9 Å². The normalized spacial score (nSPS) is 12.6. The topological polar surface area (TPSA) is 55.6 Å². The molecule has 0 radical (unpaired) electrons. The maximum absolute atomic E-state index is 5.87. The number of halogens is 1. The van der Waals surface area contributed by atoms with E-state index in [1.807, 2.05) is 16.8 Å². The number of hydrogen-bond donors (Lipinski definition) is 1. The maximum Gasteiger partial charge on any atom is 0.138 e. The van der Waals surface area contributed by atoms with Crippen LogP contribution in [0.3, 0.4) is 0 Å². The van der Waals surface area contributed by atoms with Gasteiger partial charge in [0.2, 0.25) is 0 Å². The molecule has 1 N–H and O–H groups in total. The highest BCUT2D eigenvalue weighted by Crippen LogP contribution is 2.17. The predicted molar refractivity (Wildman–Crippen MR) is 75.1 cm³/mol. The molecule has 5 nitrogen and oxygen atoms in total. The van der Waals surface area contributed by atoms with Crippen molar-refractivity contribution in [3.05, 3.63) is 41.2 Å². The SMILES string of the molecule is CCNC(Cc1ncnn1CC)c1ccc(Cl)cn1. The highest BCUT2D eigenvalue weighted by molar-refractivity contribution is 6.30. The molecule has 0 saturated heterocycles. The van der Waals surface area contributed by atoms with Gasteiger partial charge in [0.25, 0.3) is 0 Å². The summed E-state index contributed by atoms with van der Waals surface area (Å²) in [6, 6.07) is 3.93. The first-order chi connectivity index (χ1) is 9.24. The van der Waals surface area contributed by atoms with Crippen molar-refractivity contribution in [2.75, 3.05) is 6.54 Å². The Kier molecular flexibility index (Phi) is 4.87. The van der Waals surface area contributed by atoms with Gasteiger partial charge in [-0.3, -0.25) is 9.67 Å². The van der Waals surface area contributed by atoms with E-state index in [-0.39, 0.29) is 6.04 Å². The molecule has 1 unspecified atom stereocenters. The summed E-state index contributed by atoms with van der Waals surface area (Å²) in [5.41, 5.74) is 0.969. The second-order valence-electron chi connectivity index (χ2n) is 4.21. The van der Waals surface area contributed by atoms with E-state index >= 15 is 0 Å². The third-order valence-electron chi connectivity index (χ3n) is 2.94. The monoisotopic (exact) mass is 279 g/mol. The largest absolute Gasteiger partial charge is 0.309 e. The highest BCUT2D eigenvalue weighted by Gasteiger charge is 2.15. The van der Waals surface area contributed by atoms with Crippen LogP contribution in [0.5, 0.6) is 0 Å². The minimum absolute atomic E-state index is 0.122. The summed E-state index contributed by atoms with van der Waals surface area (Å²) in [7, 11) is 0. The van der Waals surface area contributed by atoms with Gasteiger partial charge < -0.3 is 5.32 Å². The molecule has 0 bridgehead atoms. The predicted octanol–water partition coefficient (Wildman–Crippen LogP) is 2.24. The van der Waals surface area contributed by atoms with Gasteiger partial charge in [-0.05, 0) is 25.6 Å². The molecule has 0 aromatic carbocycles. The summed E-state index contributed by atoms with van der Waals surface area (Å²) in [6.45, 7) is 5.83. The molecule has 0 spiro atoms. The van der Waals surface area contributed by atoms with Crippen molar-refractivity contribution in [2.24, 2.45) is 0 Å². The van der Waals surface area contributed by atoms with E-state index in [1.165, 1.54) is 0 Å². The average molecular weight is 280 g/mol. The number of pyridine rings is 1. The molecule has 2 rings (SSSR count). The van der Waals surface area contributed by atoms with Crippen molar-refractivity contribution in [1.82, 2.24) is 25.1 Å². The first-order valence-corrected chi connectivity index (χ1v) is 6.83. The van der Waals surface area contributed by atoms with Gasteiger partial charge in [-0.25, -0.2) is 4.98 Å². The zero-order valence-electron chi connectivity index (χ0n) is 11.2. The summed E-state index contributed by atoms with van der Waals surface area (Å²) >= 11 is 5.87. The minimum Gasteiger partial charge on any atom is -0.309 e. The fraction of sp³-hybridized carbons (Fsp3) is 0.462. The Bertz CT molecular complexity index is 508. The number of nitrogens with one attached hydrogen (secondary N) is 1. The lowest BCUT2D eigenvalue weighted by atomic mass is 10.1. The van der Waals surface area contributed by atoms with Crippen molar-refractivity contribution in [3.8, 4) is 0 Å². The minimum atomic E-state index is 0.122. The lowest BCUT2D eigenvalue weighted by Crippen LogP contribution is -2.25. The van der Waals surface area contributed by atoms with Gasteiger partial charge in [-0.1, -0.05) is 18.5 Å². The highest BCUT2D eigenvalue weighted by atomic mass is 35.5. The quantitative estimate of drug-likeness (QED) is 0.881. The van der Waals surface area contributed by atoms with E-state index in [1.54, 1.807) is 12.5 Å². The fourth-order valence-corrected chi connectivity index (χ4v) is 2.13. The van der Waals surface area contributed by atoms with Gasteiger partial charge in [0.05, 0.1) is 16.8 Å². The van der Waals surface area contributed by atoms with Gasteiger partial charge >= 0.3 is 0 Å². The van der Waals surface area contributed by atoms with Crippen LogP contribution in [0, 0.1) is 0 Å². The van der Waals surface area contributed by atoms with Crippen molar-refractivity contribution < 1.29 is 0 Å². The molecular formula is C13H18ClN5. The fourth-order valence-electron chi connectivity index (χ4n) is 2.01. The number of rotatable bonds is 6. The van der Waals surface area contributed by atoms with Crippen LogP contribution in [-0.4, -0.2) is 26.3 Å². The molecule has 19 heavy (non-hydrogen) atoms. The first-order valence-electron chi connectivity index (χ1n) is 6.46. The van der Waals surface area contributed by atoms with Crippen LogP contribution >= 0.6 is 11.6 Å². The molecule has 0 aliphatic heterocycles. The molecule has 0 aliphatic rings. The summed E-state index contributed by atoms with van der Waals surface area (Å²) in [5, 5.41) is 8.26. The first kappa shape index (κ1) is 14.0. The Hall–Kier alpha value is -1.46. The van der Waals surface area contributed by atoms with Gasteiger partial charge in [0, 0.05) is 19.2 Å². The Morgan fingerprint density at radius 1 is 1.32 bits per heavy atom. The summed E-state index contributed by atoms with van der Waals surface area (Å²) in [6.07, 6.45) is 4.03. The summed E-state index contributed by atoms with van der Waals surface area (Å²) in [4.78, 5) is 8.69. The second kappa shape index (κ2) is 6.63. The smallest absolute Gasteiger partial charge is 0.138 e. The lowest BCUT2D eigenvalue weighted by molar-refractivity contribution is 0.500. The maximum atomic E-state index is 5.87. The standard InChI is InChI=1S/C13H18ClN5/c1-3-15-12(11-6-5-10(14)8-16-11)7-13-17-9-18-19(13)4-2/h5-6,8-9,12,15H,3-4,7H2,1-2H3. The lowest BCUT2D eigenvalue weighted by Gasteiger charge is -2.17. The number of nitrogens with zero attached hydrogens (tertiary/aromatic N) is 4. The van der Waals surface area contributed by atoms with Crippen LogP contribution in [0.2, 0.25) is 5.02 Å². The van der Waals surface area contributed by atoms with Crippen LogP contribution in [0.1, 0.15) is 31.4 Å². The summed E-state index contributed by atoms with van der Waals surface area (Å²) < 4.78 is 1.90. The van der Waals surface area contributed by atoms with E-state index < -0.39 is 0 Å². The molecular weight excluding hydrogens is 262 g/mol. The Balaban J connectivity index is 2.18. The molecule has 1 atom stereocenters. The number of hydrogen-bond acceptors (Lipinski definition) is 4. The van der Waals surface area contributed by atoms with Gasteiger partial charge in [-0.15, -0.1) is 0 Å². The number of aryl methyl sites for hydroxylation is 1. The van der Waals surface area contributed by atoms with Crippen LogP contribution in [0.25, 0.3) is 0 Å². The number of likely N-dealkylation sites (N-methyl/N-ethyl adjacent to an activating group) is 1. The van der Waals surface area contributed by atoms with Gasteiger partial charge in [-0.2, -0.15) is 5.10 Å². The molecule has 2 aromatic heterocycles. The van der Waals surface area contributed by atoms with E-state index in [2.05, 4.69) is 34.2 Å². The third kappa shape index (κ3) is 3.52. The zero-order chi connectivity index (χ0) is 13.7. The summed E-state index contributed by atoms with van der Waals surface area (Å²) in [5.74, 6) is 0.963. The van der Waals surface area contributed by atoms with Crippen LogP contribution in [-0.2, 0) is 13.0 Å². The van der Waals surface area contributed by atoms with Crippen molar-refractivity contribution >= 4 is 11.6 Å². The zero-order valence-corrected chi connectivity index (χ0v) is 11.9. The molecule has 2 heterocycles. The van der Waals surface area contributed by atoms with Crippen LogP contribution in [0.4, 0.5) is 0 Å². The van der Waals surface area contributed by atoms with Crippen molar-refractivity contribution in [3.63, 3.8) is 0 Å². The van der Waals surface area contributed by atoms with Gasteiger partial charge in [0.15, 0.2) is 0 Å². The second-order valence-corrected chi connectivity index (χ2v) is 4.64. The Labute approximate surface area is 118 Å². The molecule has 0 fully saturated rings. The Morgan fingerprint density at radius 2 is 2.16 bits per heavy atom. The van der Waals surface area contributed by atoms with E-state index in [9.17, 15) is 0 Å². The molecule has 2 aromatic rings. The third-order valence-corrected chi connectivity index (χ3v) is 3.16. The molecule has 0 aliphatic carbocycles. The van der Waals surface area contributed by atoms with E-state index in [0.717, 1.165) is 31.0 Å². The number of aromatic nitrogens is 4. The van der Waals surface area contributed by atoms with Gasteiger partial charge in [0.1, 0.15) is 12.2 Å². The van der Waals surface area contributed by atoms with Crippen LogP contribution < -0.4 is 5.32 Å².